The predicted molar refractivity (Wildman–Crippen MR) is 298 cm³/mol. The van der Waals surface area contributed by atoms with Crippen molar-refractivity contribution in [1.82, 2.24) is 4.57 Å². The molecule has 1 heterocycles. The number of fused-ring (bicyclic) bond motifs is 6. The van der Waals surface area contributed by atoms with Gasteiger partial charge >= 0.3 is 0 Å². The second-order valence-corrected chi connectivity index (χ2v) is 18.1. The van der Waals surface area contributed by atoms with Crippen LogP contribution < -0.4 is 4.90 Å². The molecule has 0 unspecified atom stereocenters. The first kappa shape index (κ1) is 41.0. The maximum Gasteiger partial charge on any atom is 0.0625 e. The summed E-state index contributed by atoms with van der Waals surface area (Å²) in [5.74, 6) is 0. The van der Waals surface area contributed by atoms with Gasteiger partial charge in [0, 0.05) is 38.9 Å². The Balaban J connectivity index is 0.921. The van der Waals surface area contributed by atoms with E-state index in [0.29, 0.717) is 0 Å². The Hall–Kier alpha value is -9.24. The predicted octanol–water partition coefficient (Wildman–Crippen LogP) is 18.9. The number of anilines is 3. The van der Waals surface area contributed by atoms with Crippen molar-refractivity contribution < 1.29 is 0 Å². The quantitative estimate of drug-likeness (QED) is 0.140. The molecule has 0 saturated carbocycles. The summed E-state index contributed by atoms with van der Waals surface area (Å²) in [4.78, 5) is 2.39. The summed E-state index contributed by atoms with van der Waals surface area (Å²) in [7, 11) is 0. The zero-order chi connectivity index (χ0) is 46.4. The molecule has 13 rings (SSSR count). The number of aromatic nitrogens is 1. The normalized spacial score (nSPS) is 11.4. The molecular weight excluding hydrogens is 845 g/mol. The number of rotatable bonds is 9. The van der Waals surface area contributed by atoms with E-state index in [2.05, 4.69) is 289 Å². The highest BCUT2D eigenvalue weighted by molar-refractivity contribution is 6.24. The smallest absolute Gasteiger partial charge is 0.0625 e. The van der Waals surface area contributed by atoms with Crippen LogP contribution in [0, 0.1) is 0 Å². The molecule has 0 fully saturated rings. The summed E-state index contributed by atoms with van der Waals surface area (Å²) in [6.45, 7) is 0. The van der Waals surface area contributed by atoms with Crippen molar-refractivity contribution in [3.63, 3.8) is 0 Å². The zero-order valence-corrected chi connectivity index (χ0v) is 38.5. The lowest BCUT2D eigenvalue weighted by atomic mass is 9.94. The largest absolute Gasteiger partial charge is 0.310 e. The molecule has 12 aromatic carbocycles. The average Bonchev–Trinajstić information content (AvgIpc) is 3.80. The van der Waals surface area contributed by atoms with E-state index in [-0.39, 0.29) is 0 Å². The number of nitrogens with zero attached hydrogens (tertiary/aromatic N) is 2. The second-order valence-electron chi connectivity index (χ2n) is 18.1. The Kier molecular flexibility index (Phi) is 10.2. The highest BCUT2D eigenvalue weighted by Gasteiger charge is 2.21. The van der Waals surface area contributed by atoms with Gasteiger partial charge in [0.05, 0.1) is 11.0 Å². The molecule has 0 saturated heterocycles. The van der Waals surface area contributed by atoms with Gasteiger partial charge in [-0.15, -0.1) is 0 Å². The fourth-order valence-corrected chi connectivity index (χ4v) is 10.6. The third-order valence-corrected chi connectivity index (χ3v) is 14.0. The number of hydrogen-bond donors (Lipinski definition) is 0. The van der Waals surface area contributed by atoms with Crippen LogP contribution in [0.2, 0.25) is 0 Å². The minimum atomic E-state index is 1.08. The van der Waals surface area contributed by atoms with Crippen molar-refractivity contribution in [2.24, 2.45) is 0 Å². The molecule has 1 aromatic heterocycles. The van der Waals surface area contributed by atoms with E-state index in [4.69, 9.17) is 0 Å². The summed E-state index contributed by atoms with van der Waals surface area (Å²) in [5.41, 5.74) is 18.8. The van der Waals surface area contributed by atoms with E-state index in [1.807, 2.05) is 0 Å². The van der Waals surface area contributed by atoms with Gasteiger partial charge in [-0.1, -0.05) is 218 Å². The van der Waals surface area contributed by atoms with Crippen LogP contribution in [0.25, 0.3) is 105 Å². The van der Waals surface area contributed by atoms with E-state index >= 15 is 0 Å². The Morgan fingerprint density at radius 1 is 0.257 bits per heavy atom. The standard InChI is InChI=1S/C68H46N2/c1-3-15-47(16-4-1)48-29-31-49(32-30-48)51-37-41-58(42-38-51)69(59-43-39-52(40-44-59)50-33-35-54(36-34-50)62-27-14-19-53-17-7-9-24-61(53)62)60-23-13-20-55(45-60)65-46-56-18-8-10-25-63(56)68-67(65)64-26-11-12-28-66(64)70(68)57-21-5-2-6-22-57/h1-46H. The lowest BCUT2D eigenvalue weighted by Crippen LogP contribution is -2.10. The SMILES string of the molecule is c1ccc(-c2ccc(-c3ccc(N(c4ccc(-c5ccc(-c6cccc7ccccc67)cc5)cc4)c4cccc(-c5cc6ccccc6c6c5c5ccccc5n6-c5ccccc5)c4)cc3)cc2)cc1. The van der Waals surface area contributed by atoms with Gasteiger partial charge in [-0.05, 0) is 132 Å². The average molecular weight is 891 g/mol. The molecule has 0 bridgehead atoms. The van der Waals surface area contributed by atoms with Crippen molar-refractivity contribution in [2.75, 3.05) is 4.90 Å². The first-order valence-electron chi connectivity index (χ1n) is 24.1. The maximum absolute atomic E-state index is 2.45. The fourth-order valence-electron chi connectivity index (χ4n) is 10.6. The minimum Gasteiger partial charge on any atom is -0.310 e. The molecule has 0 radical (unpaired) electrons. The van der Waals surface area contributed by atoms with Gasteiger partial charge < -0.3 is 9.47 Å². The van der Waals surface area contributed by atoms with E-state index in [1.165, 1.54) is 93.4 Å². The molecule has 0 aliphatic heterocycles. The zero-order valence-electron chi connectivity index (χ0n) is 38.5. The Morgan fingerprint density at radius 2 is 0.714 bits per heavy atom. The van der Waals surface area contributed by atoms with E-state index in [0.717, 1.165) is 28.3 Å². The molecule has 0 amide bonds. The van der Waals surface area contributed by atoms with Crippen molar-refractivity contribution in [2.45, 2.75) is 0 Å². The van der Waals surface area contributed by atoms with Gasteiger partial charge in [0.2, 0.25) is 0 Å². The van der Waals surface area contributed by atoms with Gasteiger partial charge in [0.25, 0.3) is 0 Å². The highest BCUT2D eigenvalue weighted by atomic mass is 15.1. The van der Waals surface area contributed by atoms with Gasteiger partial charge in [-0.3, -0.25) is 0 Å². The van der Waals surface area contributed by atoms with E-state index in [9.17, 15) is 0 Å². The van der Waals surface area contributed by atoms with Gasteiger partial charge in [-0.2, -0.15) is 0 Å². The summed E-state index contributed by atoms with van der Waals surface area (Å²) >= 11 is 0. The highest BCUT2D eigenvalue weighted by Crippen LogP contribution is 2.45. The summed E-state index contributed by atoms with van der Waals surface area (Å²) in [5, 5.41) is 7.45. The molecule has 328 valence electrons. The Labute approximate surface area is 408 Å². The summed E-state index contributed by atoms with van der Waals surface area (Å²) in [6, 6.07) is 102. The molecule has 0 N–H and O–H groups in total. The van der Waals surface area contributed by atoms with Crippen molar-refractivity contribution >= 4 is 60.4 Å². The fraction of sp³-hybridized carbons (Fsp3) is 0. The van der Waals surface area contributed by atoms with E-state index in [1.54, 1.807) is 0 Å². The first-order valence-corrected chi connectivity index (χ1v) is 24.1. The molecule has 0 aliphatic carbocycles. The summed E-state index contributed by atoms with van der Waals surface area (Å²) in [6.07, 6.45) is 0. The third-order valence-electron chi connectivity index (χ3n) is 14.0. The van der Waals surface area contributed by atoms with Gasteiger partial charge in [-0.25, -0.2) is 0 Å². The van der Waals surface area contributed by atoms with Crippen LogP contribution in [-0.4, -0.2) is 4.57 Å². The van der Waals surface area contributed by atoms with Crippen LogP contribution in [0.3, 0.4) is 0 Å². The topological polar surface area (TPSA) is 8.17 Å². The molecular formula is C68H46N2. The first-order chi connectivity index (χ1) is 34.7. The lowest BCUT2D eigenvalue weighted by Gasteiger charge is -2.26. The van der Waals surface area contributed by atoms with Gasteiger partial charge in [0.15, 0.2) is 0 Å². The maximum atomic E-state index is 2.45. The number of hydrogen-bond acceptors (Lipinski definition) is 1. The van der Waals surface area contributed by atoms with Crippen molar-refractivity contribution in [1.29, 1.82) is 0 Å². The van der Waals surface area contributed by atoms with Crippen LogP contribution in [0.1, 0.15) is 0 Å². The molecule has 2 heteroatoms. The van der Waals surface area contributed by atoms with Crippen molar-refractivity contribution in [3.05, 3.63) is 279 Å². The van der Waals surface area contributed by atoms with Crippen LogP contribution in [0.4, 0.5) is 17.1 Å². The van der Waals surface area contributed by atoms with Crippen LogP contribution in [0.5, 0.6) is 0 Å². The van der Waals surface area contributed by atoms with Crippen molar-refractivity contribution in [3.8, 4) is 61.3 Å². The molecule has 70 heavy (non-hydrogen) atoms. The van der Waals surface area contributed by atoms with E-state index < -0.39 is 0 Å². The van der Waals surface area contributed by atoms with Crippen LogP contribution in [-0.2, 0) is 0 Å². The number of para-hydroxylation sites is 2. The Morgan fingerprint density at radius 3 is 1.36 bits per heavy atom. The molecule has 13 aromatic rings. The summed E-state index contributed by atoms with van der Waals surface area (Å²) < 4.78 is 2.45. The molecule has 2 nitrogen and oxygen atoms in total. The van der Waals surface area contributed by atoms with Gasteiger partial charge in [0.1, 0.15) is 0 Å². The van der Waals surface area contributed by atoms with Crippen LogP contribution in [0.15, 0.2) is 279 Å². The number of benzene rings is 12. The molecule has 0 atom stereocenters. The second kappa shape index (κ2) is 17.4. The van der Waals surface area contributed by atoms with Crippen LogP contribution >= 0.6 is 0 Å². The monoisotopic (exact) mass is 890 g/mol. The lowest BCUT2D eigenvalue weighted by molar-refractivity contribution is 1.19. The Bertz CT molecular complexity index is 4000. The molecule has 0 aliphatic rings. The molecule has 0 spiro atoms. The third kappa shape index (κ3) is 7.31. The minimum absolute atomic E-state index is 1.08.